The zero-order valence-electron chi connectivity index (χ0n) is 11.3. The maximum atomic E-state index is 8.64. The number of aliphatic hydroxyl groups is 1. The molecule has 0 spiro atoms. The lowest BCUT2D eigenvalue weighted by Crippen LogP contribution is -2.39. The summed E-state index contributed by atoms with van der Waals surface area (Å²) in [5.74, 6) is 0.790. The minimum absolute atomic E-state index is 0.122. The first-order valence-corrected chi connectivity index (χ1v) is 6.90. The van der Waals surface area contributed by atoms with E-state index in [0.717, 1.165) is 25.6 Å². The fraction of sp³-hybridized carbons (Fsp3) is 1.00. The van der Waals surface area contributed by atoms with E-state index in [9.17, 15) is 0 Å². The fourth-order valence-electron chi connectivity index (χ4n) is 2.71. The average Bonchev–Trinajstić information content (AvgIpc) is 2.80. The molecule has 1 aliphatic carbocycles. The Morgan fingerprint density at radius 1 is 1.35 bits per heavy atom. The molecule has 17 heavy (non-hydrogen) atoms. The number of nitrogens with zero attached hydrogens (tertiary/aromatic N) is 1. The van der Waals surface area contributed by atoms with E-state index in [-0.39, 0.29) is 6.61 Å². The second kappa shape index (κ2) is 8.86. The Hall–Kier alpha value is -0.160. The average molecular weight is 244 g/mol. The van der Waals surface area contributed by atoms with Gasteiger partial charge in [-0.2, -0.15) is 0 Å². The summed E-state index contributed by atoms with van der Waals surface area (Å²) in [4.78, 5) is 2.46. The van der Waals surface area contributed by atoms with Crippen LogP contribution in [-0.2, 0) is 4.74 Å². The number of likely N-dealkylation sites (N-methyl/N-ethyl adjacent to an activating group) is 1. The molecule has 0 aromatic carbocycles. The van der Waals surface area contributed by atoms with Crippen LogP contribution < -0.4 is 5.32 Å². The van der Waals surface area contributed by atoms with Gasteiger partial charge in [-0.25, -0.2) is 0 Å². The van der Waals surface area contributed by atoms with Crippen LogP contribution in [0.15, 0.2) is 0 Å². The molecule has 0 aromatic rings. The van der Waals surface area contributed by atoms with Crippen molar-refractivity contribution in [3.8, 4) is 0 Å². The molecule has 0 heterocycles. The predicted octanol–water partition coefficient (Wildman–Crippen LogP) is 0.705. The number of rotatable bonds is 9. The number of hydrogen-bond donors (Lipinski definition) is 2. The minimum Gasteiger partial charge on any atom is -0.394 e. The van der Waals surface area contributed by atoms with Gasteiger partial charge in [0.2, 0.25) is 0 Å². The summed E-state index contributed by atoms with van der Waals surface area (Å²) >= 11 is 0. The first-order chi connectivity index (χ1) is 8.31. The lowest BCUT2D eigenvalue weighted by Gasteiger charge is -2.27. The molecule has 1 rings (SSSR count). The molecule has 0 aromatic heterocycles. The van der Waals surface area contributed by atoms with E-state index in [0.29, 0.717) is 12.6 Å². The summed E-state index contributed by atoms with van der Waals surface area (Å²) in [6, 6.07) is 0.697. The maximum Gasteiger partial charge on any atom is 0.0698 e. The fourth-order valence-corrected chi connectivity index (χ4v) is 2.71. The van der Waals surface area contributed by atoms with E-state index in [1.54, 1.807) is 0 Å². The van der Waals surface area contributed by atoms with E-state index < -0.39 is 0 Å². The van der Waals surface area contributed by atoms with Crippen LogP contribution in [0.5, 0.6) is 0 Å². The molecule has 4 nitrogen and oxygen atoms in total. The zero-order valence-corrected chi connectivity index (χ0v) is 11.3. The zero-order chi connectivity index (χ0) is 12.5. The smallest absolute Gasteiger partial charge is 0.0698 e. The van der Waals surface area contributed by atoms with Gasteiger partial charge in [0.1, 0.15) is 0 Å². The van der Waals surface area contributed by atoms with Crippen LogP contribution in [0.2, 0.25) is 0 Å². The highest BCUT2D eigenvalue weighted by Crippen LogP contribution is 2.26. The van der Waals surface area contributed by atoms with Crippen LogP contribution >= 0.6 is 0 Å². The minimum atomic E-state index is 0.122. The molecule has 0 amide bonds. The van der Waals surface area contributed by atoms with Gasteiger partial charge in [0.25, 0.3) is 0 Å². The highest BCUT2D eigenvalue weighted by Gasteiger charge is 2.26. The monoisotopic (exact) mass is 244 g/mol. The second-order valence-electron chi connectivity index (χ2n) is 4.82. The van der Waals surface area contributed by atoms with Crippen LogP contribution in [0.25, 0.3) is 0 Å². The number of ether oxygens (including phenoxy) is 1. The summed E-state index contributed by atoms with van der Waals surface area (Å²) in [5, 5.41) is 12.1. The Balaban J connectivity index is 2.21. The summed E-state index contributed by atoms with van der Waals surface area (Å²) < 4.78 is 5.33. The van der Waals surface area contributed by atoms with Crippen molar-refractivity contribution >= 4 is 0 Å². The van der Waals surface area contributed by atoms with Crippen molar-refractivity contribution < 1.29 is 9.84 Å². The third-order valence-electron chi connectivity index (χ3n) is 3.76. The molecule has 1 saturated carbocycles. The molecule has 2 N–H and O–H groups in total. The van der Waals surface area contributed by atoms with E-state index in [2.05, 4.69) is 24.2 Å². The maximum absolute atomic E-state index is 8.64. The second-order valence-corrected chi connectivity index (χ2v) is 4.82. The lowest BCUT2D eigenvalue weighted by molar-refractivity contribution is 0.0705. The van der Waals surface area contributed by atoms with Crippen LogP contribution in [0, 0.1) is 5.92 Å². The molecule has 102 valence electrons. The van der Waals surface area contributed by atoms with Gasteiger partial charge in [0, 0.05) is 19.1 Å². The molecule has 1 aliphatic rings. The van der Waals surface area contributed by atoms with Crippen molar-refractivity contribution in [1.82, 2.24) is 10.2 Å². The summed E-state index contributed by atoms with van der Waals surface area (Å²) in [6.45, 7) is 6.74. The van der Waals surface area contributed by atoms with Crippen LogP contribution in [0.3, 0.4) is 0 Å². The van der Waals surface area contributed by atoms with Crippen molar-refractivity contribution in [1.29, 1.82) is 0 Å². The van der Waals surface area contributed by atoms with Gasteiger partial charge >= 0.3 is 0 Å². The van der Waals surface area contributed by atoms with Crippen LogP contribution in [0.1, 0.15) is 26.2 Å². The third-order valence-corrected chi connectivity index (χ3v) is 3.76. The van der Waals surface area contributed by atoms with Gasteiger partial charge in [-0.15, -0.1) is 0 Å². The lowest BCUT2D eigenvalue weighted by atomic mass is 10.0. The molecule has 0 radical (unpaired) electrons. The number of aliphatic hydroxyl groups excluding tert-OH is 1. The number of nitrogens with one attached hydrogen (secondary N) is 1. The highest BCUT2D eigenvalue weighted by molar-refractivity contribution is 4.84. The van der Waals surface area contributed by atoms with Crippen molar-refractivity contribution in [3.63, 3.8) is 0 Å². The quantitative estimate of drug-likeness (QED) is 0.586. The van der Waals surface area contributed by atoms with Gasteiger partial charge in [-0.05, 0) is 32.4 Å². The predicted molar refractivity (Wildman–Crippen MR) is 70.2 cm³/mol. The van der Waals surface area contributed by atoms with E-state index in [4.69, 9.17) is 9.84 Å². The summed E-state index contributed by atoms with van der Waals surface area (Å²) in [6.07, 6.45) is 4.02. The molecule has 0 bridgehead atoms. The van der Waals surface area contributed by atoms with Crippen LogP contribution in [0.4, 0.5) is 0 Å². The van der Waals surface area contributed by atoms with Gasteiger partial charge < -0.3 is 20.1 Å². The summed E-state index contributed by atoms with van der Waals surface area (Å²) in [5.41, 5.74) is 0. The Morgan fingerprint density at radius 3 is 2.82 bits per heavy atom. The van der Waals surface area contributed by atoms with Crippen LogP contribution in [-0.4, -0.2) is 62.6 Å². The SMILES string of the molecule is CCN(CCOCCO)CC1CCCC1NC. The molecule has 4 heteroatoms. The number of hydrogen-bond acceptors (Lipinski definition) is 4. The van der Waals surface area contributed by atoms with Gasteiger partial charge in [-0.3, -0.25) is 0 Å². The molecular formula is C13H28N2O2. The molecule has 1 fully saturated rings. The molecule has 0 saturated heterocycles. The van der Waals surface area contributed by atoms with E-state index in [1.165, 1.54) is 25.8 Å². The Labute approximate surface area is 105 Å². The Morgan fingerprint density at radius 2 is 2.18 bits per heavy atom. The third kappa shape index (κ3) is 5.34. The standard InChI is InChI=1S/C13H28N2O2/c1-3-15(7-9-17-10-8-16)11-12-5-4-6-13(12)14-2/h12-14,16H,3-11H2,1-2H3. The first kappa shape index (κ1) is 14.9. The van der Waals surface area contributed by atoms with Crippen molar-refractivity contribution in [2.45, 2.75) is 32.2 Å². The highest BCUT2D eigenvalue weighted by atomic mass is 16.5. The van der Waals surface area contributed by atoms with Gasteiger partial charge in [0.05, 0.1) is 19.8 Å². The Bertz CT molecular complexity index is 190. The Kier molecular flexibility index (Phi) is 7.77. The topological polar surface area (TPSA) is 44.7 Å². The molecular weight excluding hydrogens is 216 g/mol. The van der Waals surface area contributed by atoms with E-state index >= 15 is 0 Å². The molecule has 0 aliphatic heterocycles. The van der Waals surface area contributed by atoms with Gasteiger partial charge in [0.15, 0.2) is 0 Å². The van der Waals surface area contributed by atoms with E-state index in [1.807, 2.05) is 0 Å². The van der Waals surface area contributed by atoms with Crippen molar-refractivity contribution in [2.75, 3.05) is 46.5 Å². The largest absolute Gasteiger partial charge is 0.394 e. The van der Waals surface area contributed by atoms with Crippen molar-refractivity contribution in [3.05, 3.63) is 0 Å². The normalized spacial score (nSPS) is 24.7. The first-order valence-electron chi connectivity index (χ1n) is 6.90. The molecule has 2 unspecified atom stereocenters. The molecule has 2 atom stereocenters. The van der Waals surface area contributed by atoms with Gasteiger partial charge in [-0.1, -0.05) is 13.3 Å². The van der Waals surface area contributed by atoms with Crippen molar-refractivity contribution in [2.24, 2.45) is 5.92 Å². The summed E-state index contributed by atoms with van der Waals surface area (Å²) in [7, 11) is 2.07.